The van der Waals surface area contributed by atoms with Crippen molar-refractivity contribution < 1.29 is 37.0 Å². The van der Waals surface area contributed by atoms with Gasteiger partial charge in [0.1, 0.15) is 11.6 Å². The van der Waals surface area contributed by atoms with Crippen LogP contribution in [0.2, 0.25) is 5.02 Å². The zero-order valence-corrected chi connectivity index (χ0v) is 25.5. The molecule has 0 radical (unpaired) electrons. The SMILES string of the molecule is CCn1cc(-c2ccc(C[C@@H](CCC(N)=O)NC(=O)c3ccc(O[C@H](C)C(F)(F)F)c(Cl)c3)cc2)nc1[C@@H](C)NC(=O)OC. The van der Waals surface area contributed by atoms with Crippen molar-refractivity contribution in [1.82, 2.24) is 20.2 Å². The van der Waals surface area contributed by atoms with Gasteiger partial charge in [0.2, 0.25) is 5.91 Å². The zero-order valence-electron chi connectivity index (χ0n) is 24.7. The number of imidazole rings is 1. The molecule has 1 aromatic heterocycles. The Balaban J connectivity index is 1.74. The van der Waals surface area contributed by atoms with Gasteiger partial charge in [-0.2, -0.15) is 13.2 Å². The number of amides is 3. The van der Waals surface area contributed by atoms with E-state index in [4.69, 9.17) is 27.1 Å². The number of rotatable bonds is 13. The standard InChI is InChI=1S/C30H35ClF3N5O5/c1-5-39-16-24(38-27(39)17(2)36-29(42)43-4)20-8-6-19(7-9-20)14-22(11-13-26(35)40)37-28(41)21-10-12-25(23(31)15-21)44-18(3)30(32,33)34/h6-10,12,15-18,22H,5,11,13-14H2,1-4H3,(H2,35,40)(H,36,42)(H,37,41)/t17-,18-,22-/m1/s1. The maximum absolute atomic E-state index is 13.0. The highest BCUT2D eigenvalue weighted by Crippen LogP contribution is 2.31. The van der Waals surface area contributed by atoms with Gasteiger partial charge in [0.05, 0.1) is 23.9 Å². The van der Waals surface area contributed by atoms with Crippen LogP contribution in [0.4, 0.5) is 18.0 Å². The van der Waals surface area contributed by atoms with Crippen molar-refractivity contribution in [3.8, 4) is 17.0 Å². The summed E-state index contributed by atoms with van der Waals surface area (Å²) in [6, 6.07) is 10.4. The molecule has 3 rings (SSSR count). The number of aromatic nitrogens is 2. The average molecular weight is 638 g/mol. The highest BCUT2D eigenvalue weighted by atomic mass is 35.5. The lowest BCUT2D eigenvalue weighted by Gasteiger charge is -2.20. The van der Waals surface area contributed by atoms with Crippen LogP contribution in [0.1, 0.15) is 61.4 Å². The van der Waals surface area contributed by atoms with Crippen molar-refractivity contribution >= 4 is 29.5 Å². The summed E-state index contributed by atoms with van der Waals surface area (Å²) in [5.41, 5.74) is 7.86. The fourth-order valence-corrected chi connectivity index (χ4v) is 4.60. The Hall–Kier alpha value is -4.26. The van der Waals surface area contributed by atoms with Crippen molar-refractivity contribution in [2.75, 3.05) is 7.11 Å². The van der Waals surface area contributed by atoms with Crippen LogP contribution in [0.3, 0.4) is 0 Å². The minimum Gasteiger partial charge on any atom is -0.480 e. The minimum atomic E-state index is -4.58. The number of nitrogens with two attached hydrogens (primary N) is 1. The molecule has 3 atom stereocenters. The summed E-state index contributed by atoms with van der Waals surface area (Å²) in [6.07, 6.45) is -4.67. The van der Waals surface area contributed by atoms with Crippen LogP contribution in [-0.2, 0) is 22.5 Å². The van der Waals surface area contributed by atoms with Crippen LogP contribution in [0.5, 0.6) is 5.75 Å². The number of hydrogen-bond acceptors (Lipinski definition) is 6. The lowest BCUT2D eigenvalue weighted by Crippen LogP contribution is -2.37. The van der Waals surface area contributed by atoms with Crippen molar-refractivity contribution in [1.29, 1.82) is 0 Å². The summed E-state index contributed by atoms with van der Waals surface area (Å²) in [5.74, 6) is -0.592. The van der Waals surface area contributed by atoms with Gasteiger partial charge in [-0.15, -0.1) is 0 Å². The molecule has 1 heterocycles. The van der Waals surface area contributed by atoms with Gasteiger partial charge in [0, 0.05) is 36.3 Å². The number of nitrogens with zero attached hydrogens (tertiary/aromatic N) is 2. The van der Waals surface area contributed by atoms with Crippen LogP contribution in [-0.4, -0.2) is 52.9 Å². The van der Waals surface area contributed by atoms with E-state index in [0.29, 0.717) is 24.5 Å². The number of primary amides is 1. The highest BCUT2D eigenvalue weighted by Gasteiger charge is 2.38. The summed E-state index contributed by atoms with van der Waals surface area (Å²) in [6.45, 7) is 5.27. The fourth-order valence-electron chi connectivity index (χ4n) is 4.37. The van der Waals surface area contributed by atoms with Gasteiger partial charge in [-0.1, -0.05) is 35.9 Å². The topological polar surface area (TPSA) is 138 Å². The molecule has 3 aromatic rings. The predicted molar refractivity (Wildman–Crippen MR) is 158 cm³/mol. The first-order valence-electron chi connectivity index (χ1n) is 13.8. The summed E-state index contributed by atoms with van der Waals surface area (Å²) >= 11 is 6.10. The molecule has 10 nitrogen and oxygen atoms in total. The van der Waals surface area contributed by atoms with Crippen molar-refractivity contribution in [2.45, 2.75) is 70.9 Å². The van der Waals surface area contributed by atoms with E-state index in [1.165, 1.54) is 25.3 Å². The maximum atomic E-state index is 13.0. The molecule has 2 aromatic carbocycles. The summed E-state index contributed by atoms with van der Waals surface area (Å²) < 4.78 is 50.1. The molecule has 0 saturated heterocycles. The summed E-state index contributed by atoms with van der Waals surface area (Å²) in [5, 5.41) is 5.42. The number of aryl methyl sites for hydroxylation is 1. The second kappa shape index (κ2) is 15.0. The molecular formula is C30H35ClF3N5O5. The Bertz CT molecular complexity index is 1460. The van der Waals surface area contributed by atoms with E-state index in [-0.39, 0.29) is 35.2 Å². The lowest BCUT2D eigenvalue weighted by atomic mass is 9.99. The van der Waals surface area contributed by atoms with Gasteiger partial charge < -0.3 is 30.4 Å². The summed E-state index contributed by atoms with van der Waals surface area (Å²) in [4.78, 5) is 40.9. The molecule has 0 aliphatic carbocycles. The Labute approximate surface area is 258 Å². The number of benzene rings is 2. The molecule has 0 aliphatic rings. The molecule has 3 amide bonds. The predicted octanol–water partition coefficient (Wildman–Crippen LogP) is 5.58. The normalized spacial score (nSPS) is 13.5. The second-order valence-corrected chi connectivity index (χ2v) is 10.6. The van der Waals surface area contributed by atoms with Gasteiger partial charge in [0.25, 0.3) is 5.91 Å². The van der Waals surface area contributed by atoms with Crippen LogP contribution in [0, 0.1) is 0 Å². The van der Waals surface area contributed by atoms with E-state index in [9.17, 15) is 27.6 Å². The van der Waals surface area contributed by atoms with Gasteiger partial charge in [-0.25, -0.2) is 9.78 Å². The monoisotopic (exact) mass is 637 g/mol. The molecule has 0 saturated carbocycles. The third-order valence-electron chi connectivity index (χ3n) is 6.82. The second-order valence-electron chi connectivity index (χ2n) is 10.2. The van der Waals surface area contributed by atoms with E-state index in [2.05, 4.69) is 15.4 Å². The Morgan fingerprint density at radius 3 is 2.34 bits per heavy atom. The molecule has 0 unspecified atom stereocenters. The molecule has 238 valence electrons. The lowest BCUT2D eigenvalue weighted by molar-refractivity contribution is -0.189. The largest absolute Gasteiger partial charge is 0.480 e. The van der Waals surface area contributed by atoms with Crippen molar-refractivity contribution in [3.63, 3.8) is 0 Å². The highest BCUT2D eigenvalue weighted by molar-refractivity contribution is 6.32. The van der Waals surface area contributed by atoms with E-state index >= 15 is 0 Å². The molecule has 14 heteroatoms. The number of carbonyl (C=O) groups excluding carboxylic acids is 3. The molecule has 44 heavy (non-hydrogen) atoms. The van der Waals surface area contributed by atoms with Gasteiger partial charge in [-0.05, 0) is 57.4 Å². The van der Waals surface area contributed by atoms with Gasteiger partial charge in [0.15, 0.2) is 6.10 Å². The van der Waals surface area contributed by atoms with E-state index in [1.54, 1.807) is 0 Å². The van der Waals surface area contributed by atoms with E-state index in [0.717, 1.165) is 18.1 Å². The van der Waals surface area contributed by atoms with E-state index < -0.39 is 36.2 Å². The first-order valence-corrected chi connectivity index (χ1v) is 14.2. The minimum absolute atomic E-state index is 0.0287. The number of ether oxygens (including phenoxy) is 2. The number of alkyl carbamates (subject to hydrolysis) is 1. The number of methoxy groups -OCH3 is 1. The quantitative estimate of drug-likeness (QED) is 0.224. The number of alkyl halides is 3. The van der Waals surface area contributed by atoms with Crippen LogP contribution in [0.25, 0.3) is 11.3 Å². The first kappa shape index (κ1) is 34.2. The van der Waals surface area contributed by atoms with Crippen molar-refractivity contribution in [2.24, 2.45) is 5.73 Å². The smallest absolute Gasteiger partial charge is 0.425 e. The number of halogens is 4. The molecular weight excluding hydrogens is 603 g/mol. The average Bonchev–Trinajstić information content (AvgIpc) is 3.41. The Morgan fingerprint density at radius 1 is 1.09 bits per heavy atom. The summed E-state index contributed by atoms with van der Waals surface area (Å²) in [7, 11) is 1.29. The Kier molecular flexibility index (Phi) is 11.6. The number of hydrogen-bond donors (Lipinski definition) is 3. The number of carbonyl (C=O) groups is 3. The van der Waals surface area contributed by atoms with Crippen LogP contribution < -0.4 is 21.1 Å². The first-order chi connectivity index (χ1) is 20.7. The molecule has 0 aliphatic heterocycles. The molecule has 4 N–H and O–H groups in total. The molecule has 0 fully saturated rings. The fraction of sp³-hybridized carbons (Fsp3) is 0.400. The van der Waals surface area contributed by atoms with Crippen LogP contribution >= 0.6 is 11.6 Å². The third kappa shape index (κ3) is 9.37. The molecule has 0 spiro atoms. The molecule has 0 bridgehead atoms. The Morgan fingerprint density at radius 2 is 1.77 bits per heavy atom. The van der Waals surface area contributed by atoms with Gasteiger partial charge in [-0.3, -0.25) is 9.59 Å². The maximum Gasteiger partial charge on any atom is 0.425 e. The van der Waals surface area contributed by atoms with Crippen LogP contribution in [0.15, 0.2) is 48.7 Å². The number of nitrogens with one attached hydrogen (secondary N) is 2. The van der Waals surface area contributed by atoms with E-state index in [1.807, 2.05) is 48.9 Å². The zero-order chi connectivity index (χ0) is 32.6. The van der Waals surface area contributed by atoms with Gasteiger partial charge >= 0.3 is 12.3 Å². The van der Waals surface area contributed by atoms with Crippen molar-refractivity contribution in [3.05, 3.63) is 70.6 Å². The third-order valence-corrected chi connectivity index (χ3v) is 7.12.